The van der Waals surface area contributed by atoms with Crippen LogP contribution in [0.2, 0.25) is 0 Å². The normalized spacial score (nSPS) is 17.3. The van der Waals surface area contributed by atoms with E-state index in [-0.39, 0.29) is 12.6 Å². The van der Waals surface area contributed by atoms with Gasteiger partial charge >= 0.3 is 0 Å². The van der Waals surface area contributed by atoms with Gasteiger partial charge in [-0.25, -0.2) is 4.98 Å². The monoisotopic (exact) mass is 350 g/mol. The Labute approximate surface area is 145 Å². The van der Waals surface area contributed by atoms with E-state index in [1.165, 1.54) is 0 Å². The Kier molecular flexibility index (Phi) is 5.76. The first-order valence-electron chi connectivity index (χ1n) is 8.34. The van der Waals surface area contributed by atoms with Crippen LogP contribution >= 0.6 is 11.3 Å². The molecule has 0 unspecified atom stereocenters. The van der Waals surface area contributed by atoms with Gasteiger partial charge in [-0.3, -0.25) is 14.1 Å². The molecule has 2 heterocycles. The van der Waals surface area contributed by atoms with E-state index in [0.717, 1.165) is 34.9 Å². The third-order valence-electron chi connectivity index (χ3n) is 4.34. The summed E-state index contributed by atoms with van der Waals surface area (Å²) in [6.07, 6.45) is 1.03. The van der Waals surface area contributed by atoms with Crippen molar-refractivity contribution >= 4 is 27.5 Å². The minimum atomic E-state index is -0.553. The summed E-state index contributed by atoms with van der Waals surface area (Å²) in [4.78, 5) is 21.1. The number of hydrogen-bond acceptors (Lipinski definition) is 5. The minimum absolute atomic E-state index is 0.0144. The molecule has 0 radical (unpaired) electrons. The van der Waals surface area contributed by atoms with E-state index in [4.69, 9.17) is 5.73 Å². The average Bonchev–Trinajstić information content (AvgIpc) is 3.02. The van der Waals surface area contributed by atoms with Gasteiger partial charge in [-0.2, -0.15) is 0 Å². The standard InChI is InChI=1S/C17H23FN4OS/c18-6-3-7-21-8-10-22(11-9-21)17(23)13(19)12-16-20-14-4-1-2-5-15(14)24-16/h1-2,4-5,13H,3,6-12,19H2/t13-/m0/s1. The Morgan fingerprint density at radius 2 is 2.04 bits per heavy atom. The molecule has 1 amide bonds. The molecule has 1 atom stereocenters. The van der Waals surface area contributed by atoms with E-state index >= 15 is 0 Å². The van der Waals surface area contributed by atoms with E-state index in [2.05, 4.69) is 9.88 Å². The molecule has 1 aliphatic heterocycles. The summed E-state index contributed by atoms with van der Waals surface area (Å²) in [7, 11) is 0. The lowest BCUT2D eigenvalue weighted by atomic mass is 10.1. The third kappa shape index (κ3) is 4.09. The second kappa shape index (κ2) is 8.00. The molecular weight excluding hydrogens is 327 g/mol. The summed E-state index contributed by atoms with van der Waals surface area (Å²) in [6, 6.07) is 7.39. The van der Waals surface area contributed by atoms with Crippen molar-refractivity contribution in [1.29, 1.82) is 0 Å². The number of fused-ring (bicyclic) bond motifs is 1. The molecule has 0 aliphatic carbocycles. The van der Waals surface area contributed by atoms with E-state index in [0.29, 0.717) is 25.9 Å². The third-order valence-corrected chi connectivity index (χ3v) is 5.40. The smallest absolute Gasteiger partial charge is 0.240 e. The number of amides is 1. The van der Waals surface area contributed by atoms with Crippen LogP contribution in [0.15, 0.2) is 24.3 Å². The van der Waals surface area contributed by atoms with Gasteiger partial charge in [0.1, 0.15) is 0 Å². The topological polar surface area (TPSA) is 62.5 Å². The van der Waals surface area contributed by atoms with Crippen LogP contribution in [0.4, 0.5) is 4.39 Å². The Morgan fingerprint density at radius 3 is 2.75 bits per heavy atom. The average molecular weight is 350 g/mol. The minimum Gasteiger partial charge on any atom is -0.339 e. The Morgan fingerprint density at radius 1 is 1.29 bits per heavy atom. The van der Waals surface area contributed by atoms with Gasteiger partial charge in [-0.05, 0) is 18.6 Å². The fraction of sp³-hybridized carbons (Fsp3) is 0.529. The molecule has 1 aromatic heterocycles. The van der Waals surface area contributed by atoms with Crippen LogP contribution in [0.25, 0.3) is 10.2 Å². The Hall–Kier alpha value is -1.57. The first kappa shape index (κ1) is 17.3. The summed E-state index contributed by atoms with van der Waals surface area (Å²) in [5.41, 5.74) is 7.09. The van der Waals surface area contributed by atoms with E-state index in [1.807, 2.05) is 29.2 Å². The van der Waals surface area contributed by atoms with Gasteiger partial charge in [0.2, 0.25) is 5.91 Å². The molecule has 3 rings (SSSR count). The second-order valence-electron chi connectivity index (χ2n) is 6.10. The maximum Gasteiger partial charge on any atom is 0.240 e. The van der Waals surface area contributed by atoms with Gasteiger partial charge in [-0.1, -0.05) is 12.1 Å². The molecule has 130 valence electrons. The predicted molar refractivity (Wildman–Crippen MR) is 94.9 cm³/mol. The fourth-order valence-corrected chi connectivity index (χ4v) is 4.02. The number of nitrogens with zero attached hydrogens (tertiary/aromatic N) is 3. The van der Waals surface area contributed by atoms with Crippen LogP contribution in [0.3, 0.4) is 0 Å². The molecule has 2 N–H and O–H groups in total. The molecule has 0 saturated carbocycles. The van der Waals surface area contributed by atoms with Crippen molar-refractivity contribution in [1.82, 2.24) is 14.8 Å². The zero-order valence-corrected chi connectivity index (χ0v) is 14.5. The molecule has 0 bridgehead atoms. The number of aromatic nitrogens is 1. The summed E-state index contributed by atoms with van der Waals surface area (Å²) in [5.74, 6) is -0.0144. The molecule has 24 heavy (non-hydrogen) atoms. The molecule has 5 nitrogen and oxygen atoms in total. The first-order valence-corrected chi connectivity index (χ1v) is 9.16. The van der Waals surface area contributed by atoms with Crippen molar-refractivity contribution in [3.05, 3.63) is 29.3 Å². The SMILES string of the molecule is N[C@@H](Cc1nc2ccccc2s1)C(=O)N1CCN(CCCF)CC1. The van der Waals surface area contributed by atoms with Crippen molar-refractivity contribution in [3.8, 4) is 0 Å². The van der Waals surface area contributed by atoms with Crippen LogP contribution in [0, 0.1) is 0 Å². The highest BCUT2D eigenvalue weighted by atomic mass is 32.1. The summed E-state index contributed by atoms with van der Waals surface area (Å²) in [5, 5.41) is 0.902. The maximum atomic E-state index is 12.5. The molecule has 2 aromatic rings. The molecule has 1 aliphatic rings. The van der Waals surface area contributed by atoms with E-state index < -0.39 is 6.04 Å². The highest BCUT2D eigenvalue weighted by Crippen LogP contribution is 2.22. The highest BCUT2D eigenvalue weighted by Gasteiger charge is 2.25. The number of carbonyl (C=O) groups is 1. The van der Waals surface area contributed by atoms with Crippen molar-refractivity contribution in [2.75, 3.05) is 39.4 Å². The lowest BCUT2D eigenvalue weighted by Crippen LogP contribution is -2.53. The number of hydrogen-bond donors (Lipinski definition) is 1. The van der Waals surface area contributed by atoms with Gasteiger partial charge in [0.15, 0.2) is 0 Å². The Bertz CT molecular complexity index is 651. The van der Waals surface area contributed by atoms with Crippen LogP contribution in [-0.4, -0.2) is 66.1 Å². The van der Waals surface area contributed by atoms with Crippen LogP contribution < -0.4 is 5.73 Å². The predicted octanol–water partition coefficient (Wildman–Crippen LogP) is 1.67. The van der Waals surface area contributed by atoms with Crippen LogP contribution in [-0.2, 0) is 11.2 Å². The molecule has 0 spiro atoms. The van der Waals surface area contributed by atoms with Crippen molar-refractivity contribution in [2.24, 2.45) is 5.73 Å². The largest absolute Gasteiger partial charge is 0.339 e. The molecule has 1 saturated heterocycles. The number of rotatable bonds is 6. The number of benzene rings is 1. The molecular formula is C17H23FN4OS. The summed E-state index contributed by atoms with van der Waals surface area (Å²) in [6.45, 7) is 3.39. The van der Waals surface area contributed by atoms with E-state index in [9.17, 15) is 9.18 Å². The van der Waals surface area contributed by atoms with E-state index in [1.54, 1.807) is 11.3 Å². The summed E-state index contributed by atoms with van der Waals surface area (Å²) < 4.78 is 13.3. The van der Waals surface area contributed by atoms with Gasteiger partial charge in [0.05, 0.1) is 27.9 Å². The molecule has 1 aromatic carbocycles. The van der Waals surface area contributed by atoms with Crippen molar-refractivity contribution in [2.45, 2.75) is 18.9 Å². The van der Waals surface area contributed by atoms with Gasteiger partial charge in [0, 0.05) is 39.1 Å². The van der Waals surface area contributed by atoms with Gasteiger partial charge < -0.3 is 10.6 Å². The van der Waals surface area contributed by atoms with Crippen molar-refractivity contribution < 1.29 is 9.18 Å². The molecule has 7 heteroatoms. The van der Waals surface area contributed by atoms with Crippen LogP contribution in [0.5, 0.6) is 0 Å². The number of alkyl halides is 1. The number of nitrogens with two attached hydrogens (primary N) is 1. The molecule has 1 fully saturated rings. The quantitative estimate of drug-likeness (QED) is 0.861. The fourth-order valence-electron chi connectivity index (χ4n) is 2.99. The number of carbonyl (C=O) groups excluding carboxylic acids is 1. The summed E-state index contributed by atoms with van der Waals surface area (Å²) >= 11 is 1.59. The van der Waals surface area contributed by atoms with Gasteiger partial charge in [0.25, 0.3) is 0 Å². The number of thiazole rings is 1. The van der Waals surface area contributed by atoms with Crippen LogP contribution in [0.1, 0.15) is 11.4 Å². The Balaban J connectivity index is 1.53. The number of halogens is 1. The zero-order chi connectivity index (χ0) is 16.9. The second-order valence-corrected chi connectivity index (χ2v) is 7.21. The van der Waals surface area contributed by atoms with Gasteiger partial charge in [-0.15, -0.1) is 11.3 Å². The van der Waals surface area contributed by atoms with Crippen molar-refractivity contribution in [3.63, 3.8) is 0 Å². The highest BCUT2D eigenvalue weighted by molar-refractivity contribution is 7.18. The lowest BCUT2D eigenvalue weighted by Gasteiger charge is -2.35. The zero-order valence-electron chi connectivity index (χ0n) is 13.7. The number of piperazine rings is 1. The lowest BCUT2D eigenvalue weighted by molar-refractivity contribution is -0.134. The first-order chi connectivity index (χ1) is 11.7. The maximum absolute atomic E-state index is 12.5. The number of para-hydroxylation sites is 1.